The zero-order valence-corrected chi connectivity index (χ0v) is 15.5. The summed E-state index contributed by atoms with van der Waals surface area (Å²) in [6, 6.07) is 9.18. The molecule has 3 rings (SSSR count). The first-order chi connectivity index (χ1) is 13.0. The number of nitrogens with one attached hydrogen (secondary N) is 1. The van der Waals surface area contributed by atoms with Crippen LogP contribution in [0.1, 0.15) is 34.8 Å². The number of amides is 1. The van der Waals surface area contributed by atoms with Gasteiger partial charge in [-0.25, -0.2) is 0 Å². The summed E-state index contributed by atoms with van der Waals surface area (Å²) in [5.74, 6) is 1.21. The number of hydrogen-bond acceptors (Lipinski definition) is 6. The summed E-state index contributed by atoms with van der Waals surface area (Å²) in [7, 11) is 3.90. The van der Waals surface area contributed by atoms with Crippen molar-refractivity contribution in [3.63, 3.8) is 0 Å². The van der Waals surface area contributed by atoms with Crippen LogP contribution in [-0.2, 0) is 4.79 Å². The van der Waals surface area contributed by atoms with Crippen LogP contribution < -0.4 is 14.8 Å². The van der Waals surface area contributed by atoms with Crippen LogP contribution in [0.5, 0.6) is 11.5 Å². The highest BCUT2D eigenvalue weighted by Crippen LogP contribution is 2.34. The van der Waals surface area contributed by atoms with Crippen molar-refractivity contribution in [2.75, 3.05) is 27.4 Å². The summed E-state index contributed by atoms with van der Waals surface area (Å²) in [4.78, 5) is 30.2. The van der Waals surface area contributed by atoms with E-state index in [1.165, 1.54) is 6.20 Å². The van der Waals surface area contributed by atoms with Gasteiger partial charge in [0.15, 0.2) is 17.3 Å². The van der Waals surface area contributed by atoms with Crippen molar-refractivity contribution in [2.45, 2.75) is 18.9 Å². The Morgan fingerprint density at radius 3 is 2.74 bits per heavy atom. The molecular weight excluding hydrogens is 346 g/mol. The molecule has 0 spiro atoms. The summed E-state index contributed by atoms with van der Waals surface area (Å²) in [6.07, 6.45) is 3.44. The molecule has 1 aromatic heterocycles. The lowest BCUT2D eigenvalue weighted by Gasteiger charge is -2.25. The fraction of sp³-hybridized carbons (Fsp3) is 0.350. The highest BCUT2D eigenvalue weighted by Gasteiger charge is 2.20. The Morgan fingerprint density at radius 1 is 1.19 bits per heavy atom. The van der Waals surface area contributed by atoms with Crippen LogP contribution >= 0.6 is 0 Å². The van der Waals surface area contributed by atoms with Gasteiger partial charge in [0.2, 0.25) is 12.7 Å². The maximum absolute atomic E-state index is 12.2. The fourth-order valence-electron chi connectivity index (χ4n) is 2.92. The number of ketones is 1. The Hall–Kier alpha value is -2.93. The first-order valence-corrected chi connectivity index (χ1v) is 8.80. The Balaban J connectivity index is 1.53. The van der Waals surface area contributed by atoms with Gasteiger partial charge in [-0.05, 0) is 43.9 Å². The third kappa shape index (κ3) is 4.83. The first kappa shape index (κ1) is 18.8. The summed E-state index contributed by atoms with van der Waals surface area (Å²) < 4.78 is 10.8. The quantitative estimate of drug-likeness (QED) is 0.719. The number of Topliss-reactive ketones (excluding diaryl/α,β-unsaturated/α-hetero) is 1. The van der Waals surface area contributed by atoms with E-state index in [-0.39, 0.29) is 37.4 Å². The van der Waals surface area contributed by atoms with E-state index in [1.54, 1.807) is 18.3 Å². The lowest BCUT2D eigenvalue weighted by Crippen LogP contribution is -2.34. The van der Waals surface area contributed by atoms with E-state index in [2.05, 4.69) is 10.3 Å². The van der Waals surface area contributed by atoms with Gasteiger partial charge in [0, 0.05) is 37.3 Å². The van der Waals surface area contributed by atoms with Gasteiger partial charge >= 0.3 is 0 Å². The molecule has 2 heterocycles. The molecule has 2 aromatic rings. The van der Waals surface area contributed by atoms with E-state index < -0.39 is 0 Å². The predicted molar refractivity (Wildman–Crippen MR) is 99.8 cm³/mol. The van der Waals surface area contributed by atoms with Gasteiger partial charge in [0.25, 0.3) is 0 Å². The van der Waals surface area contributed by atoms with E-state index in [0.717, 1.165) is 11.3 Å². The molecule has 27 heavy (non-hydrogen) atoms. The number of carbonyl (C=O) groups is 2. The second-order valence-corrected chi connectivity index (χ2v) is 6.56. The van der Waals surface area contributed by atoms with Crippen LogP contribution in [0.15, 0.2) is 42.7 Å². The molecule has 0 bridgehead atoms. The molecule has 0 saturated heterocycles. The minimum absolute atomic E-state index is 0.0162. The highest BCUT2D eigenvalue weighted by molar-refractivity contribution is 5.97. The topological polar surface area (TPSA) is 80.8 Å². The number of pyridine rings is 1. The molecule has 1 atom stereocenters. The van der Waals surface area contributed by atoms with Crippen LogP contribution in [0.4, 0.5) is 0 Å². The molecule has 1 aliphatic heterocycles. The lowest BCUT2D eigenvalue weighted by atomic mass is 10.0. The zero-order valence-electron chi connectivity index (χ0n) is 15.5. The average Bonchev–Trinajstić information content (AvgIpc) is 3.14. The van der Waals surface area contributed by atoms with Crippen molar-refractivity contribution >= 4 is 11.7 Å². The summed E-state index contributed by atoms with van der Waals surface area (Å²) in [6.45, 7) is 0.666. The molecule has 0 saturated carbocycles. The minimum atomic E-state index is -0.153. The molecule has 1 amide bonds. The van der Waals surface area contributed by atoms with E-state index in [9.17, 15) is 9.59 Å². The smallest absolute Gasteiger partial charge is 0.231 e. The van der Waals surface area contributed by atoms with Crippen LogP contribution in [-0.4, -0.2) is 49.0 Å². The predicted octanol–water partition coefficient (Wildman–Crippen LogP) is 2.19. The van der Waals surface area contributed by atoms with Crippen LogP contribution in [0.25, 0.3) is 0 Å². The minimum Gasteiger partial charge on any atom is -0.454 e. The maximum atomic E-state index is 12.2. The standard InChI is InChI=1S/C20H23N3O4/c1-23(2)16(14-5-7-18-19(10-14)27-13-26-18)12-22-20(25)8-6-17(24)15-4-3-9-21-11-15/h3-5,7,9-11,16H,6,8,12-13H2,1-2H3,(H,22,25). The lowest BCUT2D eigenvalue weighted by molar-refractivity contribution is -0.121. The summed E-state index contributed by atoms with van der Waals surface area (Å²) in [5.41, 5.74) is 1.55. The second-order valence-electron chi connectivity index (χ2n) is 6.56. The van der Waals surface area contributed by atoms with Crippen molar-refractivity contribution in [3.8, 4) is 11.5 Å². The van der Waals surface area contributed by atoms with Gasteiger partial charge in [-0.3, -0.25) is 14.6 Å². The molecule has 0 aliphatic carbocycles. The van der Waals surface area contributed by atoms with E-state index in [4.69, 9.17) is 9.47 Å². The van der Waals surface area contributed by atoms with E-state index in [0.29, 0.717) is 17.9 Å². The molecule has 7 heteroatoms. The molecule has 1 aromatic carbocycles. The van der Waals surface area contributed by atoms with Crippen molar-refractivity contribution in [3.05, 3.63) is 53.9 Å². The molecule has 0 fully saturated rings. The third-order valence-electron chi connectivity index (χ3n) is 4.46. The summed E-state index contributed by atoms with van der Waals surface area (Å²) in [5, 5.41) is 2.92. The molecule has 1 N–H and O–H groups in total. The molecule has 142 valence electrons. The van der Waals surface area contributed by atoms with Gasteiger partial charge < -0.3 is 19.7 Å². The first-order valence-electron chi connectivity index (χ1n) is 8.80. The Morgan fingerprint density at radius 2 is 2.00 bits per heavy atom. The Labute approximate surface area is 158 Å². The number of hydrogen-bond donors (Lipinski definition) is 1. The number of rotatable bonds is 8. The van der Waals surface area contributed by atoms with Gasteiger partial charge in [0.05, 0.1) is 6.04 Å². The highest BCUT2D eigenvalue weighted by atomic mass is 16.7. The average molecular weight is 369 g/mol. The monoisotopic (exact) mass is 369 g/mol. The number of ether oxygens (including phenoxy) is 2. The van der Waals surface area contributed by atoms with Gasteiger partial charge in [0.1, 0.15) is 0 Å². The number of likely N-dealkylation sites (N-methyl/N-ethyl adjacent to an activating group) is 1. The Bertz CT molecular complexity index is 808. The number of nitrogens with zero attached hydrogens (tertiary/aromatic N) is 2. The largest absolute Gasteiger partial charge is 0.454 e. The Kier molecular flexibility index (Phi) is 6.03. The molecular formula is C20H23N3O4. The van der Waals surface area contributed by atoms with Gasteiger partial charge in [-0.2, -0.15) is 0 Å². The maximum Gasteiger partial charge on any atom is 0.231 e. The number of fused-ring (bicyclic) bond motifs is 1. The second kappa shape index (κ2) is 8.64. The van der Waals surface area contributed by atoms with Crippen LogP contribution in [0.3, 0.4) is 0 Å². The van der Waals surface area contributed by atoms with Crippen LogP contribution in [0.2, 0.25) is 0 Å². The molecule has 7 nitrogen and oxygen atoms in total. The van der Waals surface area contributed by atoms with Crippen molar-refractivity contribution < 1.29 is 19.1 Å². The van der Waals surface area contributed by atoms with E-state index in [1.807, 2.05) is 37.2 Å². The third-order valence-corrected chi connectivity index (χ3v) is 4.46. The summed E-state index contributed by atoms with van der Waals surface area (Å²) >= 11 is 0. The normalized spacial score (nSPS) is 13.4. The van der Waals surface area contributed by atoms with Crippen molar-refractivity contribution in [2.24, 2.45) is 0 Å². The number of benzene rings is 1. The van der Waals surface area contributed by atoms with Crippen LogP contribution in [0, 0.1) is 0 Å². The van der Waals surface area contributed by atoms with Gasteiger partial charge in [-0.1, -0.05) is 6.07 Å². The fourth-order valence-corrected chi connectivity index (χ4v) is 2.92. The van der Waals surface area contributed by atoms with E-state index >= 15 is 0 Å². The van der Waals surface area contributed by atoms with Crippen molar-refractivity contribution in [1.82, 2.24) is 15.2 Å². The number of carbonyl (C=O) groups excluding carboxylic acids is 2. The molecule has 1 unspecified atom stereocenters. The number of aromatic nitrogens is 1. The zero-order chi connectivity index (χ0) is 19.2. The molecule has 0 radical (unpaired) electrons. The van der Waals surface area contributed by atoms with Gasteiger partial charge in [-0.15, -0.1) is 0 Å². The van der Waals surface area contributed by atoms with Crippen molar-refractivity contribution in [1.29, 1.82) is 0 Å². The molecule has 1 aliphatic rings. The SMILES string of the molecule is CN(C)C(CNC(=O)CCC(=O)c1cccnc1)c1ccc2c(c1)OCO2.